The maximum absolute atomic E-state index is 6.66. The summed E-state index contributed by atoms with van der Waals surface area (Å²) in [4.78, 5) is 0. The van der Waals surface area contributed by atoms with Crippen molar-refractivity contribution in [2.24, 2.45) is 0 Å². The Morgan fingerprint density at radius 3 is 1.75 bits per heavy atom. The number of hydrogen-bond acceptors (Lipinski definition) is 2. The first kappa shape index (κ1) is 25.4. The number of nitrogens with zero attached hydrogens (tertiary/aromatic N) is 1. The van der Waals surface area contributed by atoms with Crippen LogP contribution in [0.4, 0.5) is 0 Å². The van der Waals surface area contributed by atoms with Crippen LogP contribution in [0.5, 0.6) is 0 Å². The Hall–Kier alpha value is 0.568. The molecule has 0 aliphatic rings. The van der Waals surface area contributed by atoms with Gasteiger partial charge in [-0.25, -0.2) is 0 Å². The van der Waals surface area contributed by atoms with Crippen LogP contribution in [0.15, 0.2) is 0 Å². The summed E-state index contributed by atoms with van der Waals surface area (Å²) in [6.45, 7) is 14.5. The van der Waals surface area contributed by atoms with E-state index in [0.717, 1.165) is 6.54 Å². The molecule has 0 aromatic rings. The van der Waals surface area contributed by atoms with Gasteiger partial charge in [-0.15, -0.1) is 0 Å². The zero-order chi connectivity index (χ0) is 12.7. The average molecular weight is 402 g/mol. The van der Waals surface area contributed by atoms with Gasteiger partial charge < -0.3 is 16.2 Å². The van der Waals surface area contributed by atoms with Crippen molar-refractivity contribution >= 4 is 0 Å². The SMILES string of the molecule is CC.CCCCNC(C)C.CCN(C)[NH-].[W]. The van der Waals surface area contributed by atoms with E-state index in [0.29, 0.717) is 6.04 Å². The average Bonchev–Trinajstić information content (AvgIpc) is 2.21. The molecule has 0 aliphatic carbocycles. The molecular formula is C12H32N3W-. The van der Waals surface area contributed by atoms with E-state index in [9.17, 15) is 0 Å². The Morgan fingerprint density at radius 2 is 1.56 bits per heavy atom. The third kappa shape index (κ3) is 46.8. The summed E-state index contributed by atoms with van der Waals surface area (Å²) in [5.74, 6) is 6.66. The molecule has 0 unspecified atom stereocenters. The molecule has 16 heavy (non-hydrogen) atoms. The Kier molecular flexibility index (Phi) is 39.2. The number of unbranched alkanes of at least 4 members (excludes halogenated alkanes) is 1. The van der Waals surface area contributed by atoms with Crippen molar-refractivity contribution in [3.8, 4) is 0 Å². The van der Waals surface area contributed by atoms with Crippen LogP contribution in [0.25, 0.3) is 5.84 Å². The van der Waals surface area contributed by atoms with Crippen molar-refractivity contribution in [1.29, 1.82) is 0 Å². The zero-order valence-corrected chi connectivity index (χ0v) is 15.2. The summed E-state index contributed by atoms with van der Waals surface area (Å²) in [7, 11) is 1.72. The van der Waals surface area contributed by atoms with Gasteiger partial charge in [-0.05, 0) is 26.6 Å². The first-order chi connectivity index (χ1) is 7.04. The van der Waals surface area contributed by atoms with Crippen molar-refractivity contribution in [3.63, 3.8) is 0 Å². The van der Waals surface area contributed by atoms with Crippen molar-refractivity contribution in [3.05, 3.63) is 5.84 Å². The minimum atomic E-state index is 0. The zero-order valence-electron chi connectivity index (χ0n) is 12.3. The molecule has 0 aromatic carbocycles. The van der Waals surface area contributed by atoms with Gasteiger partial charge in [-0.2, -0.15) is 0 Å². The maximum Gasteiger partial charge on any atom is 0.00103 e. The van der Waals surface area contributed by atoms with E-state index >= 15 is 0 Å². The summed E-state index contributed by atoms with van der Waals surface area (Å²) < 4.78 is 0. The molecule has 3 nitrogen and oxygen atoms in total. The molecule has 0 fully saturated rings. The second kappa shape index (κ2) is 24.7. The minimum Gasteiger partial charge on any atom is -0.610 e. The van der Waals surface area contributed by atoms with Gasteiger partial charge in [0, 0.05) is 27.1 Å². The molecule has 2 N–H and O–H groups in total. The van der Waals surface area contributed by atoms with Gasteiger partial charge in [0.15, 0.2) is 0 Å². The van der Waals surface area contributed by atoms with Crippen molar-refractivity contribution in [2.45, 2.75) is 60.4 Å². The fourth-order valence-corrected chi connectivity index (χ4v) is 0.568. The molecule has 0 amide bonds. The number of nitrogens with one attached hydrogen (secondary N) is 2. The van der Waals surface area contributed by atoms with E-state index in [1.54, 1.807) is 7.05 Å². The monoisotopic (exact) mass is 402 g/mol. The molecule has 0 radical (unpaired) electrons. The van der Waals surface area contributed by atoms with Crippen LogP contribution < -0.4 is 5.32 Å². The standard InChI is InChI=1S/C7H17N.C3H9N2.C2H6.W/c1-4-5-6-8-7(2)3;1-3-5(2)4;1-2;/h7-8H,4-6H2,1-3H3;4H,3H2,1-2H3;1-2H3;/q;-1;;. The first-order valence-corrected chi connectivity index (χ1v) is 6.20. The van der Waals surface area contributed by atoms with E-state index in [2.05, 4.69) is 26.1 Å². The molecule has 0 aromatic heterocycles. The maximum atomic E-state index is 6.66. The number of hydrogen-bond donors (Lipinski definition) is 1. The van der Waals surface area contributed by atoms with E-state index in [-0.39, 0.29) is 21.1 Å². The van der Waals surface area contributed by atoms with E-state index in [4.69, 9.17) is 5.84 Å². The molecule has 0 bridgehead atoms. The first-order valence-electron chi connectivity index (χ1n) is 6.20. The Balaban J connectivity index is -0.0000000786. The predicted molar refractivity (Wildman–Crippen MR) is 72.0 cm³/mol. The molecule has 0 saturated heterocycles. The Morgan fingerprint density at radius 1 is 1.19 bits per heavy atom. The second-order valence-electron chi connectivity index (χ2n) is 3.48. The normalized spacial score (nSPS) is 8.62. The van der Waals surface area contributed by atoms with Gasteiger partial charge >= 0.3 is 0 Å². The third-order valence-corrected chi connectivity index (χ3v) is 1.56. The van der Waals surface area contributed by atoms with E-state index in [1.807, 2.05) is 20.8 Å². The molecule has 0 aliphatic heterocycles. The van der Waals surface area contributed by atoms with Gasteiger partial charge in [-0.1, -0.05) is 48.0 Å². The fraction of sp³-hybridized carbons (Fsp3) is 1.00. The third-order valence-electron chi connectivity index (χ3n) is 1.56. The number of rotatable bonds is 5. The molecule has 0 rings (SSSR count). The van der Waals surface area contributed by atoms with Gasteiger partial charge in [0.2, 0.25) is 0 Å². The largest absolute Gasteiger partial charge is 0.610 e. The molecule has 0 heterocycles. The summed E-state index contributed by atoms with van der Waals surface area (Å²) in [5.41, 5.74) is 0. The van der Waals surface area contributed by atoms with Crippen LogP contribution >= 0.6 is 0 Å². The van der Waals surface area contributed by atoms with Gasteiger partial charge in [0.1, 0.15) is 0 Å². The predicted octanol–water partition coefficient (Wildman–Crippen LogP) is 3.71. The smallest absolute Gasteiger partial charge is 0.00103 e. The van der Waals surface area contributed by atoms with Gasteiger partial charge in [0.05, 0.1) is 0 Å². The van der Waals surface area contributed by atoms with Crippen LogP contribution in [0.1, 0.15) is 54.4 Å². The molecule has 4 heteroatoms. The van der Waals surface area contributed by atoms with Crippen LogP contribution in [-0.4, -0.2) is 31.2 Å². The fourth-order valence-electron chi connectivity index (χ4n) is 0.568. The summed E-state index contributed by atoms with van der Waals surface area (Å²) >= 11 is 0. The quantitative estimate of drug-likeness (QED) is 0.563. The Labute approximate surface area is 118 Å². The molecule has 0 atom stereocenters. The summed E-state index contributed by atoms with van der Waals surface area (Å²) in [5, 5.41) is 4.72. The van der Waals surface area contributed by atoms with Crippen molar-refractivity contribution in [1.82, 2.24) is 10.3 Å². The second-order valence-corrected chi connectivity index (χ2v) is 3.48. The van der Waals surface area contributed by atoms with Crippen LogP contribution in [0, 0.1) is 0 Å². The topological polar surface area (TPSA) is 39.1 Å². The van der Waals surface area contributed by atoms with Gasteiger partial charge in [-0.3, -0.25) is 0 Å². The van der Waals surface area contributed by atoms with Crippen LogP contribution in [-0.2, 0) is 21.1 Å². The Bertz CT molecular complexity index is 88.3. The van der Waals surface area contributed by atoms with E-state index in [1.165, 1.54) is 24.4 Å². The molecule has 0 spiro atoms. The summed E-state index contributed by atoms with van der Waals surface area (Å²) in [6, 6.07) is 0.654. The van der Waals surface area contributed by atoms with E-state index < -0.39 is 0 Å². The molecular weight excluding hydrogens is 370 g/mol. The summed E-state index contributed by atoms with van der Waals surface area (Å²) in [6.07, 6.45) is 2.60. The molecule has 102 valence electrons. The van der Waals surface area contributed by atoms with Crippen LogP contribution in [0.2, 0.25) is 0 Å². The van der Waals surface area contributed by atoms with Crippen molar-refractivity contribution < 1.29 is 21.1 Å². The minimum absolute atomic E-state index is 0. The van der Waals surface area contributed by atoms with Gasteiger partial charge in [0.25, 0.3) is 0 Å². The molecule has 0 saturated carbocycles. The van der Waals surface area contributed by atoms with Crippen LogP contribution in [0.3, 0.4) is 0 Å². The van der Waals surface area contributed by atoms with Crippen molar-refractivity contribution in [2.75, 3.05) is 20.1 Å².